The average Bonchev–Trinajstić information content (AvgIpc) is 2.66. The SMILES string of the molecule is O=C(CSCc1ccc2ccccc2c1)NNC(=O)c1ccc(O)cc1. The van der Waals surface area contributed by atoms with E-state index in [-0.39, 0.29) is 17.4 Å². The predicted octanol–water partition coefficient (Wildman–Crippen LogP) is 3.24. The summed E-state index contributed by atoms with van der Waals surface area (Å²) in [6, 6.07) is 20.2. The van der Waals surface area contributed by atoms with Crippen LogP contribution in [0.15, 0.2) is 66.7 Å². The van der Waals surface area contributed by atoms with E-state index in [0.29, 0.717) is 11.3 Å². The lowest BCUT2D eigenvalue weighted by molar-refractivity contribution is -0.119. The molecule has 0 aliphatic rings. The second-order valence-electron chi connectivity index (χ2n) is 5.72. The van der Waals surface area contributed by atoms with Crippen molar-refractivity contribution >= 4 is 34.3 Å². The number of nitrogens with one attached hydrogen (secondary N) is 2. The molecule has 5 nitrogen and oxygen atoms in total. The van der Waals surface area contributed by atoms with Crippen molar-refractivity contribution in [1.82, 2.24) is 10.9 Å². The van der Waals surface area contributed by atoms with Crippen LogP contribution in [0.1, 0.15) is 15.9 Å². The topological polar surface area (TPSA) is 78.4 Å². The molecule has 3 N–H and O–H groups in total. The molecule has 132 valence electrons. The molecule has 0 atom stereocenters. The maximum absolute atomic E-state index is 11.9. The van der Waals surface area contributed by atoms with E-state index < -0.39 is 5.91 Å². The number of fused-ring (bicyclic) bond motifs is 1. The number of benzene rings is 3. The van der Waals surface area contributed by atoms with Crippen molar-refractivity contribution in [1.29, 1.82) is 0 Å². The molecule has 0 saturated heterocycles. The molecule has 0 bridgehead atoms. The molecule has 0 aromatic heterocycles. The minimum absolute atomic E-state index is 0.0793. The number of carbonyl (C=O) groups is 2. The van der Waals surface area contributed by atoms with Crippen molar-refractivity contribution in [2.75, 3.05) is 5.75 Å². The summed E-state index contributed by atoms with van der Waals surface area (Å²) in [5.41, 5.74) is 6.25. The van der Waals surface area contributed by atoms with Gasteiger partial charge in [0.15, 0.2) is 0 Å². The van der Waals surface area contributed by atoms with Crippen molar-refractivity contribution in [3.63, 3.8) is 0 Å². The molecule has 3 aromatic carbocycles. The van der Waals surface area contributed by atoms with E-state index in [1.807, 2.05) is 12.1 Å². The Morgan fingerprint density at radius 2 is 1.62 bits per heavy atom. The van der Waals surface area contributed by atoms with Gasteiger partial charge >= 0.3 is 0 Å². The van der Waals surface area contributed by atoms with Gasteiger partial charge in [-0.1, -0.05) is 42.5 Å². The highest BCUT2D eigenvalue weighted by Crippen LogP contribution is 2.19. The van der Waals surface area contributed by atoms with E-state index >= 15 is 0 Å². The van der Waals surface area contributed by atoms with Gasteiger partial charge in [-0.2, -0.15) is 0 Å². The average molecular weight is 366 g/mol. The van der Waals surface area contributed by atoms with E-state index in [0.717, 1.165) is 5.56 Å². The van der Waals surface area contributed by atoms with Crippen LogP contribution in [0, 0.1) is 0 Å². The van der Waals surface area contributed by atoms with Crippen molar-refractivity contribution in [3.8, 4) is 5.75 Å². The van der Waals surface area contributed by atoms with E-state index in [2.05, 4.69) is 41.2 Å². The quantitative estimate of drug-likeness (QED) is 0.606. The summed E-state index contributed by atoms with van der Waals surface area (Å²) in [6.45, 7) is 0. The summed E-state index contributed by atoms with van der Waals surface area (Å²) in [4.78, 5) is 23.7. The number of hydrogen-bond donors (Lipinski definition) is 3. The molecule has 0 heterocycles. The summed E-state index contributed by atoms with van der Waals surface area (Å²) in [6.07, 6.45) is 0. The third-order valence-electron chi connectivity index (χ3n) is 3.76. The molecule has 2 amide bonds. The van der Waals surface area contributed by atoms with Crippen molar-refractivity contribution < 1.29 is 14.7 Å². The molecular formula is C20H18N2O3S. The predicted molar refractivity (Wildman–Crippen MR) is 104 cm³/mol. The monoisotopic (exact) mass is 366 g/mol. The Kier molecular flexibility index (Phi) is 5.76. The Bertz CT molecular complexity index is 926. The van der Waals surface area contributed by atoms with Gasteiger partial charge < -0.3 is 5.11 Å². The van der Waals surface area contributed by atoms with Gasteiger partial charge in [0.1, 0.15) is 5.75 Å². The molecule has 0 spiro atoms. The Balaban J connectivity index is 1.43. The fraction of sp³-hybridized carbons (Fsp3) is 0.100. The van der Waals surface area contributed by atoms with Crippen LogP contribution < -0.4 is 10.9 Å². The Hall–Kier alpha value is -2.99. The van der Waals surface area contributed by atoms with Crippen molar-refractivity contribution in [2.45, 2.75) is 5.75 Å². The van der Waals surface area contributed by atoms with Gasteiger partial charge in [0.25, 0.3) is 5.91 Å². The molecule has 0 radical (unpaired) electrons. The minimum Gasteiger partial charge on any atom is -0.508 e. The summed E-state index contributed by atoms with van der Waals surface area (Å²) in [5.74, 6) is 0.323. The van der Waals surface area contributed by atoms with Crippen LogP contribution in [0.2, 0.25) is 0 Å². The molecule has 0 fully saturated rings. The fourth-order valence-electron chi connectivity index (χ4n) is 2.44. The summed E-state index contributed by atoms with van der Waals surface area (Å²) >= 11 is 1.48. The molecule has 3 rings (SSSR count). The third-order valence-corrected chi connectivity index (χ3v) is 4.76. The van der Waals surface area contributed by atoms with Crippen LogP contribution in [0.4, 0.5) is 0 Å². The van der Waals surface area contributed by atoms with E-state index in [4.69, 9.17) is 0 Å². The largest absolute Gasteiger partial charge is 0.508 e. The number of phenols is 1. The summed E-state index contributed by atoms with van der Waals surface area (Å²) in [5, 5.41) is 11.6. The van der Waals surface area contributed by atoms with Gasteiger partial charge in [-0.15, -0.1) is 11.8 Å². The number of hydrogen-bond acceptors (Lipinski definition) is 4. The number of aromatic hydroxyl groups is 1. The molecule has 26 heavy (non-hydrogen) atoms. The number of phenolic OH excluding ortho intramolecular Hbond substituents is 1. The zero-order valence-electron chi connectivity index (χ0n) is 13.9. The molecule has 6 heteroatoms. The Morgan fingerprint density at radius 3 is 2.38 bits per heavy atom. The zero-order chi connectivity index (χ0) is 18.4. The first-order valence-corrected chi connectivity index (χ1v) is 9.21. The first-order chi connectivity index (χ1) is 12.6. The minimum atomic E-state index is -0.433. The Labute approximate surface area is 155 Å². The van der Waals surface area contributed by atoms with Gasteiger partial charge in [-0.25, -0.2) is 0 Å². The molecule has 3 aromatic rings. The molecule has 0 aliphatic heterocycles. The van der Waals surface area contributed by atoms with Gasteiger partial charge in [0.05, 0.1) is 5.75 Å². The number of rotatable bonds is 5. The van der Waals surface area contributed by atoms with Crippen LogP contribution in [0.3, 0.4) is 0 Å². The van der Waals surface area contributed by atoms with E-state index in [9.17, 15) is 14.7 Å². The normalized spacial score (nSPS) is 10.5. The first-order valence-electron chi connectivity index (χ1n) is 8.05. The maximum Gasteiger partial charge on any atom is 0.269 e. The molecule has 0 unspecified atom stereocenters. The van der Waals surface area contributed by atoms with Crippen LogP contribution in [0.5, 0.6) is 5.75 Å². The van der Waals surface area contributed by atoms with Gasteiger partial charge in [0.2, 0.25) is 5.91 Å². The standard InChI is InChI=1S/C20H18N2O3S/c23-18-9-7-16(8-10-18)20(25)22-21-19(24)13-26-12-14-5-6-15-3-1-2-4-17(15)11-14/h1-11,23H,12-13H2,(H,21,24)(H,22,25). The second-order valence-corrected chi connectivity index (χ2v) is 6.71. The highest BCUT2D eigenvalue weighted by Gasteiger charge is 2.07. The lowest BCUT2D eigenvalue weighted by atomic mass is 10.1. The first kappa shape index (κ1) is 17.8. The molecular weight excluding hydrogens is 348 g/mol. The van der Waals surface area contributed by atoms with Gasteiger partial charge in [-0.05, 0) is 40.6 Å². The second kappa shape index (κ2) is 8.40. The fourth-order valence-corrected chi connectivity index (χ4v) is 3.21. The van der Waals surface area contributed by atoms with E-state index in [1.54, 1.807) is 0 Å². The van der Waals surface area contributed by atoms with Crippen molar-refractivity contribution in [2.24, 2.45) is 0 Å². The number of hydrazine groups is 1. The zero-order valence-corrected chi connectivity index (χ0v) is 14.8. The van der Waals surface area contributed by atoms with Crippen LogP contribution in [-0.2, 0) is 10.5 Å². The maximum atomic E-state index is 11.9. The van der Waals surface area contributed by atoms with E-state index in [1.165, 1.54) is 46.8 Å². The lowest BCUT2D eigenvalue weighted by Crippen LogP contribution is -2.42. The smallest absolute Gasteiger partial charge is 0.269 e. The van der Waals surface area contributed by atoms with Crippen molar-refractivity contribution in [3.05, 3.63) is 77.9 Å². The van der Waals surface area contributed by atoms with Crippen LogP contribution in [-0.4, -0.2) is 22.7 Å². The van der Waals surface area contributed by atoms with Crippen LogP contribution in [0.25, 0.3) is 10.8 Å². The highest BCUT2D eigenvalue weighted by atomic mass is 32.2. The Morgan fingerprint density at radius 1 is 0.885 bits per heavy atom. The molecule has 0 aliphatic carbocycles. The van der Waals surface area contributed by atoms with Gasteiger partial charge in [-0.3, -0.25) is 20.4 Å². The summed E-state index contributed by atoms with van der Waals surface area (Å²) < 4.78 is 0. The third kappa shape index (κ3) is 4.77. The number of carbonyl (C=O) groups excluding carboxylic acids is 2. The summed E-state index contributed by atoms with van der Waals surface area (Å²) in [7, 11) is 0. The van der Waals surface area contributed by atoms with Gasteiger partial charge in [0, 0.05) is 11.3 Å². The number of amides is 2. The molecule has 0 saturated carbocycles. The highest BCUT2D eigenvalue weighted by molar-refractivity contribution is 7.99. The van der Waals surface area contributed by atoms with Crippen LogP contribution >= 0.6 is 11.8 Å². The lowest BCUT2D eigenvalue weighted by Gasteiger charge is -2.08. The number of thioether (sulfide) groups is 1.